The molecular weight excluding hydrogens is 503 g/mol. The standard InChI is InChI=1S/C26H16B12N2O2/c27-33-23-25(35-29,37(23)31)11-15-1-5-19(6-2-15)41-21-9-17(13-39)18(14-40)10-22(21)42-20-7-3-16(4-8-20)12-26(36-30)24(34-28)38(26)32/h1-10,23-24H,11-12H2/i33+0,34+0,35+0,36+0,37+0,38+0. The summed E-state index contributed by atoms with van der Waals surface area (Å²) in [5, 5.41) is 18.5. The van der Waals surface area contributed by atoms with Crippen LogP contribution in [0.1, 0.15) is 22.3 Å². The van der Waals surface area contributed by atoms with Crippen LogP contribution in [0.3, 0.4) is 0 Å². The molecule has 2 fully saturated rings. The maximum absolute atomic E-state index is 9.60. The molecule has 0 bridgehead atoms. The molecule has 2 aliphatic heterocycles. The van der Waals surface area contributed by atoms with Gasteiger partial charge in [0.2, 0.25) is 0 Å². The maximum Gasteiger partial charge on any atom is 0.171 e. The van der Waals surface area contributed by atoms with Crippen molar-refractivity contribution in [3.05, 3.63) is 82.9 Å². The lowest BCUT2D eigenvalue weighted by molar-refractivity contribution is 0.418. The topological polar surface area (TPSA) is 66.0 Å². The number of nitriles is 2. The second-order valence-corrected chi connectivity index (χ2v) is 11.0. The van der Waals surface area contributed by atoms with Crippen LogP contribution in [0, 0.1) is 22.7 Å². The van der Waals surface area contributed by atoms with E-state index in [1.807, 2.05) is 60.7 Å². The SMILES string of the molecule is [B][11B]C1[11B]([B])C1([11B][B])Cc1ccc(Oc2cc(C#N)c(C#N)cc2Oc2ccc(CC3([11B][B])[11B]([B])C3[11B][B])cc2)cc1. The third kappa shape index (κ3) is 5.55. The van der Waals surface area contributed by atoms with Crippen molar-refractivity contribution in [2.75, 3.05) is 0 Å². The van der Waals surface area contributed by atoms with Crippen LogP contribution in [-0.2, 0) is 12.8 Å². The molecule has 0 aliphatic carbocycles. The zero-order chi connectivity index (χ0) is 30.1. The lowest BCUT2D eigenvalue weighted by Crippen LogP contribution is -2.16. The average molecular weight is 519 g/mol. The van der Waals surface area contributed by atoms with Crippen molar-refractivity contribution in [1.82, 2.24) is 0 Å². The van der Waals surface area contributed by atoms with E-state index in [1.165, 1.54) is 12.1 Å². The molecule has 0 N–H and O–H groups in total. The van der Waals surface area contributed by atoms with E-state index in [1.54, 1.807) is 28.7 Å². The third-order valence-electron chi connectivity index (χ3n) is 8.72. The smallest absolute Gasteiger partial charge is 0.171 e. The number of benzene rings is 3. The summed E-state index contributed by atoms with van der Waals surface area (Å²) in [7, 11) is 42.2. The lowest BCUT2D eigenvalue weighted by atomic mass is 9.38. The van der Waals surface area contributed by atoms with Gasteiger partial charge in [-0.1, -0.05) is 24.3 Å². The van der Waals surface area contributed by atoms with Crippen LogP contribution in [0.4, 0.5) is 0 Å². The van der Waals surface area contributed by atoms with E-state index in [2.05, 4.69) is 0 Å². The van der Waals surface area contributed by atoms with E-state index in [9.17, 15) is 10.5 Å². The summed E-state index contributed by atoms with van der Waals surface area (Å²) in [6.45, 7) is -0.235. The van der Waals surface area contributed by atoms with Gasteiger partial charge < -0.3 is 9.47 Å². The van der Waals surface area contributed by atoms with E-state index in [4.69, 9.17) is 55.9 Å². The highest BCUT2D eigenvalue weighted by molar-refractivity contribution is 7.29. The molecule has 16 heteroatoms. The number of ether oxygens (including phenoxy) is 2. The number of nitrogens with zero attached hydrogens (tertiary/aromatic N) is 2. The van der Waals surface area contributed by atoms with Gasteiger partial charge in [-0.05, 0) is 48.2 Å². The van der Waals surface area contributed by atoms with Gasteiger partial charge in [0, 0.05) is 72.9 Å². The number of rotatable bonds is 12. The van der Waals surface area contributed by atoms with Gasteiger partial charge in [0.25, 0.3) is 0 Å². The van der Waals surface area contributed by atoms with Crippen LogP contribution in [-0.4, -0.2) is 88.3 Å². The van der Waals surface area contributed by atoms with Gasteiger partial charge in [-0.2, -0.15) is 10.5 Å². The molecule has 2 heterocycles. The highest BCUT2D eigenvalue weighted by atomic mass is 16.5. The molecule has 5 rings (SSSR count). The van der Waals surface area contributed by atoms with E-state index in [-0.39, 0.29) is 57.7 Å². The monoisotopic (exact) mass is 520 g/mol. The molecule has 3 aromatic rings. The molecule has 2 aliphatic rings. The van der Waals surface area contributed by atoms with E-state index in [0.29, 0.717) is 24.3 Å². The Hall–Kier alpha value is -2.98. The van der Waals surface area contributed by atoms with E-state index in [0.717, 1.165) is 11.1 Å². The fourth-order valence-corrected chi connectivity index (χ4v) is 5.89. The first-order chi connectivity index (χ1) is 20.3. The Labute approximate surface area is 260 Å². The Bertz CT molecular complexity index is 1420. The molecule has 4 unspecified atom stereocenters. The summed E-state index contributed by atoms with van der Waals surface area (Å²) in [4.78, 5) is 0. The fraction of sp³-hybridized carbons (Fsp3) is 0.231. The summed E-state index contributed by atoms with van der Waals surface area (Å²) < 4.78 is 12.3. The van der Waals surface area contributed by atoms with Crippen LogP contribution >= 0.6 is 0 Å². The summed E-state index contributed by atoms with van der Waals surface area (Å²) in [5.41, 5.74) is 2.46. The first kappa shape index (κ1) is 30.5. The molecule has 2 saturated heterocycles. The van der Waals surface area contributed by atoms with Crippen molar-refractivity contribution >= 4 is 88.3 Å². The van der Waals surface area contributed by atoms with Crippen LogP contribution in [0.5, 0.6) is 23.0 Å². The second kappa shape index (κ2) is 12.3. The maximum atomic E-state index is 9.60. The van der Waals surface area contributed by atoms with Gasteiger partial charge in [-0.3, -0.25) is 0 Å². The van der Waals surface area contributed by atoms with E-state index >= 15 is 0 Å². The normalized spacial score (nSPS) is 23.6. The Kier molecular flexibility index (Phi) is 8.94. The van der Waals surface area contributed by atoms with Crippen molar-refractivity contribution in [2.24, 2.45) is 0 Å². The second-order valence-electron chi connectivity index (χ2n) is 11.0. The van der Waals surface area contributed by atoms with Gasteiger partial charge in [-0.25, -0.2) is 0 Å². The van der Waals surface area contributed by atoms with Crippen molar-refractivity contribution in [1.29, 1.82) is 10.5 Å². The van der Waals surface area contributed by atoms with Gasteiger partial charge in [0.1, 0.15) is 23.6 Å². The highest BCUT2D eigenvalue weighted by Crippen LogP contribution is 2.62. The fourth-order valence-electron chi connectivity index (χ4n) is 5.89. The molecule has 178 valence electrons. The largest absolute Gasteiger partial charge is 0.453 e. The summed E-state index contributed by atoms with van der Waals surface area (Å²) >= 11 is 0. The lowest BCUT2D eigenvalue weighted by Gasteiger charge is -2.18. The zero-order valence-corrected chi connectivity index (χ0v) is 23.0. The zero-order valence-electron chi connectivity index (χ0n) is 23.0. The molecule has 0 saturated carbocycles. The van der Waals surface area contributed by atoms with Crippen LogP contribution in [0.25, 0.3) is 0 Å². The molecule has 0 spiro atoms. The molecule has 0 aromatic heterocycles. The predicted octanol–water partition coefficient (Wildman–Crippen LogP) is 1.65. The van der Waals surface area contributed by atoms with E-state index < -0.39 is 0 Å². The van der Waals surface area contributed by atoms with Crippen LogP contribution in [0.2, 0.25) is 21.9 Å². The number of hydrogen-bond donors (Lipinski definition) is 0. The molecule has 4 nitrogen and oxygen atoms in total. The van der Waals surface area contributed by atoms with Crippen molar-refractivity contribution < 1.29 is 9.47 Å². The Morgan fingerprint density at radius 2 is 1.02 bits per heavy atom. The van der Waals surface area contributed by atoms with Gasteiger partial charge in [0.05, 0.1) is 38.7 Å². The molecule has 0 amide bonds. The minimum absolute atomic E-state index is 0.0306. The van der Waals surface area contributed by atoms with Crippen molar-refractivity contribution in [2.45, 2.75) is 34.7 Å². The first-order valence-corrected chi connectivity index (χ1v) is 13.5. The van der Waals surface area contributed by atoms with Gasteiger partial charge in [-0.15, -0.1) is 21.9 Å². The molecule has 4 atom stereocenters. The minimum atomic E-state index is -0.360. The van der Waals surface area contributed by atoms with Gasteiger partial charge in [0.15, 0.2) is 11.5 Å². The summed E-state index contributed by atoms with van der Waals surface area (Å²) in [6, 6.07) is 22.1. The molecule has 42 heavy (non-hydrogen) atoms. The van der Waals surface area contributed by atoms with Crippen molar-refractivity contribution in [3.63, 3.8) is 0 Å². The predicted molar refractivity (Wildman–Crippen MR) is 178 cm³/mol. The molecule has 16 radical (unpaired) electrons. The number of hydrogen-bond acceptors (Lipinski definition) is 4. The third-order valence-corrected chi connectivity index (χ3v) is 8.72. The first-order valence-electron chi connectivity index (χ1n) is 13.5. The Morgan fingerprint density at radius 3 is 1.29 bits per heavy atom. The molecular formula is C26H16B12N2O2. The Morgan fingerprint density at radius 1 is 0.667 bits per heavy atom. The average Bonchev–Trinajstić information content (AvgIpc) is 3.81. The summed E-state index contributed by atoms with van der Waals surface area (Å²) in [6.07, 6.45) is 1.29. The highest BCUT2D eigenvalue weighted by Gasteiger charge is 2.58. The minimum Gasteiger partial charge on any atom is -0.453 e. The Balaban J connectivity index is 1.34. The van der Waals surface area contributed by atoms with Crippen LogP contribution < -0.4 is 9.47 Å². The quantitative estimate of drug-likeness (QED) is 0.342. The van der Waals surface area contributed by atoms with Gasteiger partial charge >= 0.3 is 0 Å². The summed E-state index contributed by atoms with van der Waals surface area (Å²) in [5.74, 6) is 1.63. The van der Waals surface area contributed by atoms with Crippen LogP contribution in [0.15, 0.2) is 60.7 Å². The van der Waals surface area contributed by atoms with Crippen molar-refractivity contribution in [3.8, 4) is 35.1 Å². The molecule has 3 aromatic carbocycles.